The van der Waals surface area contributed by atoms with E-state index < -0.39 is 104 Å². The van der Waals surface area contributed by atoms with Gasteiger partial charge in [-0.15, -0.1) is 23.2 Å². The quantitative estimate of drug-likeness (QED) is 0.0761. The van der Waals surface area contributed by atoms with Gasteiger partial charge in [-0.05, 0) is 36.5 Å². The monoisotopic (exact) mass is 762 g/mol. The molecule has 16 heteroatoms. The molecule has 7 rings (SSSR count). The molecule has 1 N–H and O–H groups in total. The van der Waals surface area contributed by atoms with E-state index in [9.17, 15) is 37.5 Å². The summed E-state index contributed by atoms with van der Waals surface area (Å²) in [6.07, 6.45) is 2.27. The van der Waals surface area contributed by atoms with E-state index in [2.05, 4.69) is 6.58 Å². The number of allylic oxidation sites excluding steroid dienone is 2. The van der Waals surface area contributed by atoms with E-state index in [1.54, 1.807) is 18.2 Å². The number of alkyl halides is 2. The number of carbonyl (C=O) groups is 4. The maximum absolute atomic E-state index is 15.3. The third kappa shape index (κ3) is 4.46. The summed E-state index contributed by atoms with van der Waals surface area (Å²) in [6.45, 7) is 3.69. The molecule has 3 aromatic rings. The summed E-state index contributed by atoms with van der Waals surface area (Å²) in [5.41, 5.74) is -1.11. The van der Waals surface area contributed by atoms with Crippen molar-refractivity contribution < 1.29 is 55.7 Å². The molecule has 2 aliphatic heterocycles. The Hall–Kier alpha value is -4.95. The van der Waals surface area contributed by atoms with Gasteiger partial charge in [0.25, 0.3) is 11.8 Å². The van der Waals surface area contributed by atoms with Crippen molar-refractivity contribution in [2.24, 2.45) is 17.8 Å². The summed E-state index contributed by atoms with van der Waals surface area (Å²) in [4.78, 5) is 52.1. The number of rotatable bonds is 6. The van der Waals surface area contributed by atoms with Crippen molar-refractivity contribution in [3.05, 3.63) is 94.8 Å². The van der Waals surface area contributed by atoms with E-state index >= 15 is 8.78 Å². The van der Waals surface area contributed by atoms with Gasteiger partial charge in [-0.25, -0.2) is 26.9 Å². The number of ether oxygens (including phenoxy) is 2. The lowest BCUT2D eigenvalue weighted by Gasteiger charge is -2.50. The number of halogens is 7. The van der Waals surface area contributed by atoms with Crippen LogP contribution in [0.2, 0.25) is 0 Å². The second-order valence-electron chi connectivity index (χ2n) is 12.8. The maximum atomic E-state index is 15.3. The second-order valence-corrected chi connectivity index (χ2v) is 14.0. The number of methoxy groups -OCH3 is 2. The number of carbonyl (C=O) groups excluding carboxylic acids is 4. The Morgan fingerprint density at radius 3 is 2.04 bits per heavy atom. The van der Waals surface area contributed by atoms with Crippen LogP contribution in [0.1, 0.15) is 29.9 Å². The summed E-state index contributed by atoms with van der Waals surface area (Å²) in [7, 11) is 2.47. The van der Waals surface area contributed by atoms with Gasteiger partial charge in [0, 0.05) is 23.6 Å². The van der Waals surface area contributed by atoms with Crippen LogP contribution in [0.5, 0.6) is 17.2 Å². The van der Waals surface area contributed by atoms with Gasteiger partial charge in [-0.2, -0.15) is 0 Å². The topological polar surface area (TPSA) is 113 Å². The van der Waals surface area contributed by atoms with Crippen LogP contribution in [0, 0.1) is 46.8 Å². The summed E-state index contributed by atoms with van der Waals surface area (Å²) in [6, 6.07) is 8.76. The number of phenols is 1. The predicted octanol–water partition coefficient (Wildman–Crippen LogP) is 6.52. The molecule has 6 atom stereocenters. The van der Waals surface area contributed by atoms with Crippen molar-refractivity contribution in [2.45, 2.75) is 28.5 Å². The molecule has 3 aromatic carbocycles. The smallest absolute Gasteiger partial charge is 0.258 e. The first-order valence-electron chi connectivity index (χ1n) is 15.6. The van der Waals surface area contributed by atoms with E-state index in [1.165, 1.54) is 38.5 Å². The van der Waals surface area contributed by atoms with Crippen LogP contribution >= 0.6 is 23.2 Å². The molecule has 0 bridgehead atoms. The lowest BCUT2D eigenvalue weighted by atomic mass is 9.56. The molecule has 0 aromatic heterocycles. The number of imide groups is 2. The zero-order valence-corrected chi connectivity index (χ0v) is 28.5. The van der Waals surface area contributed by atoms with Crippen molar-refractivity contribution in [1.29, 1.82) is 0 Å². The van der Waals surface area contributed by atoms with Gasteiger partial charge >= 0.3 is 0 Å². The number of phenolic OH excluding ortho intramolecular Hbond substituents is 1. The van der Waals surface area contributed by atoms with E-state index in [4.69, 9.17) is 32.7 Å². The number of nitrogens with zero attached hydrogens (tertiary/aromatic N) is 2. The third-order valence-corrected chi connectivity index (χ3v) is 11.9. The van der Waals surface area contributed by atoms with Gasteiger partial charge in [0.05, 0.1) is 31.7 Å². The molecule has 0 unspecified atom stereocenters. The minimum atomic E-state index is -2.85. The molecule has 4 aliphatic rings. The standard InChI is InChI=1S/C36H25Cl2F5N2O7/c1-4-14-5-7-15(8-6-14)44-31(47)18-10-9-17-19(22(18)32(44)48)13-35(37)33(49)45(30-28(42)26(40)25(39)27(41)29(30)43)34(50)36(35,38)24(17)23-20(46)11-16(51-2)12-21(23)52-3/h4-9,11-12,18-19,22,24,46H,1,10,13H2,2-3H3/t18-,19+,22-,24+,35+,36-/m0/s1. The fraction of sp³-hybridized carbons (Fsp3) is 0.278. The van der Waals surface area contributed by atoms with Gasteiger partial charge in [0.15, 0.2) is 33.0 Å². The molecule has 1 saturated carbocycles. The van der Waals surface area contributed by atoms with Crippen LogP contribution in [0.25, 0.3) is 6.08 Å². The van der Waals surface area contributed by atoms with Crippen molar-refractivity contribution in [3.63, 3.8) is 0 Å². The summed E-state index contributed by atoms with van der Waals surface area (Å²) < 4.78 is 84.4. The van der Waals surface area contributed by atoms with Gasteiger partial charge in [-0.3, -0.25) is 24.1 Å². The van der Waals surface area contributed by atoms with Gasteiger partial charge in [0.2, 0.25) is 17.6 Å². The van der Waals surface area contributed by atoms with Crippen LogP contribution in [-0.2, 0) is 19.2 Å². The molecule has 2 aliphatic carbocycles. The van der Waals surface area contributed by atoms with Gasteiger partial charge < -0.3 is 14.6 Å². The summed E-state index contributed by atoms with van der Waals surface area (Å²) >= 11 is 14.3. The average Bonchev–Trinajstić information content (AvgIpc) is 3.47. The predicted molar refractivity (Wildman–Crippen MR) is 177 cm³/mol. The van der Waals surface area contributed by atoms with Crippen molar-refractivity contribution in [1.82, 2.24) is 0 Å². The number of benzene rings is 3. The minimum Gasteiger partial charge on any atom is -0.507 e. The number of fused-ring (bicyclic) bond motifs is 4. The Kier molecular flexibility index (Phi) is 8.22. The second kappa shape index (κ2) is 12.1. The number of amides is 4. The molecule has 270 valence electrons. The van der Waals surface area contributed by atoms with Crippen molar-refractivity contribution in [3.8, 4) is 17.2 Å². The van der Waals surface area contributed by atoms with Crippen LogP contribution < -0.4 is 19.3 Å². The Bertz CT molecular complexity index is 2150. The highest BCUT2D eigenvalue weighted by molar-refractivity contribution is 6.58. The zero-order chi connectivity index (χ0) is 37.8. The van der Waals surface area contributed by atoms with Gasteiger partial charge in [-0.1, -0.05) is 36.4 Å². The van der Waals surface area contributed by atoms with E-state index in [0.717, 1.165) is 11.0 Å². The average molecular weight is 763 g/mol. The molecule has 52 heavy (non-hydrogen) atoms. The van der Waals surface area contributed by atoms with E-state index in [0.29, 0.717) is 5.56 Å². The Balaban J connectivity index is 1.46. The first kappa shape index (κ1) is 35.5. The summed E-state index contributed by atoms with van der Waals surface area (Å²) in [5, 5.41) is 11.4. The molecule has 2 saturated heterocycles. The van der Waals surface area contributed by atoms with Crippen LogP contribution in [0.4, 0.5) is 33.3 Å². The van der Waals surface area contributed by atoms with Crippen LogP contribution in [0.3, 0.4) is 0 Å². The molecule has 3 fully saturated rings. The Morgan fingerprint density at radius 1 is 0.846 bits per heavy atom. The first-order valence-corrected chi connectivity index (χ1v) is 16.4. The highest BCUT2D eigenvalue weighted by atomic mass is 35.5. The fourth-order valence-electron chi connectivity index (χ4n) is 8.06. The zero-order valence-electron chi connectivity index (χ0n) is 27.0. The van der Waals surface area contributed by atoms with Gasteiger partial charge in [0.1, 0.15) is 22.9 Å². The Labute approximate surface area is 301 Å². The third-order valence-electron chi connectivity index (χ3n) is 10.4. The van der Waals surface area contributed by atoms with Crippen molar-refractivity contribution >= 4 is 64.3 Å². The maximum Gasteiger partial charge on any atom is 0.258 e. The fourth-order valence-corrected chi connectivity index (χ4v) is 8.98. The highest BCUT2D eigenvalue weighted by Gasteiger charge is 2.77. The minimum absolute atomic E-state index is 0.0652. The molecule has 0 spiro atoms. The molecule has 2 heterocycles. The lowest BCUT2D eigenvalue weighted by Crippen LogP contribution is -2.60. The number of aromatic hydroxyl groups is 1. The summed E-state index contributed by atoms with van der Waals surface area (Å²) in [5.74, 6) is -23.0. The first-order chi connectivity index (χ1) is 24.6. The molecular formula is C36H25Cl2F5N2O7. The molecule has 4 amide bonds. The van der Waals surface area contributed by atoms with Crippen LogP contribution in [-0.4, -0.2) is 52.7 Å². The van der Waals surface area contributed by atoms with Crippen LogP contribution in [0.15, 0.2) is 54.6 Å². The van der Waals surface area contributed by atoms with E-state index in [1.807, 2.05) is 0 Å². The number of hydrogen-bond donors (Lipinski definition) is 1. The van der Waals surface area contributed by atoms with Crippen molar-refractivity contribution in [2.75, 3.05) is 24.0 Å². The molecule has 0 radical (unpaired) electrons. The normalized spacial score (nSPS) is 28.1. The molecular weight excluding hydrogens is 738 g/mol. The Morgan fingerprint density at radius 2 is 1.46 bits per heavy atom. The highest BCUT2D eigenvalue weighted by Crippen LogP contribution is 2.67. The number of hydrogen-bond acceptors (Lipinski definition) is 7. The number of anilines is 2. The lowest BCUT2D eigenvalue weighted by molar-refractivity contribution is -0.125. The largest absolute Gasteiger partial charge is 0.507 e. The SMILES string of the molecule is C=Cc1ccc(N2C(=O)[C@H]3[C@H](CC=C4[C@H]3C[C@@]3(Cl)C(=O)N(c5c(F)c(F)c(F)c(F)c5F)C(=O)[C@@]3(Cl)[C@H]4c3c(O)cc(OC)cc3OC)C2=O)cc1. The molecule has 9 nitrogen and oxygen atoms in total. The van der Waals surface area contributed by atoms with E-state index in [-0.39, 0.29) is 39.6 Å².